The molecule has 2 atom stereocenters. The minimum atomic E-state index is 0.224. The summed E-state index contributed by atoms with van der Waals surface area (Å²) in [4.78, 5) is 12.4. The van der Waals surface area contributed by atoms with Crippen LogP contribution in [-0.4, -0.2) is 12.9 Å². The number of carbonyl (C=O) groups excluding carboxylic acids is 1. The van der Waals surface area contributed by atoms with Crippen molar-refractivity contribution in [1.82, 2.24) is 0 Å². The molecular formula is C15H20O2. The van der Waals surface area contributed by atoms with Crippen molar-refractivity contribution < 1.29 is 9.53 Å². The first-order valence-electron chi connectivity index (χ1n) is 6.32. The van der Waals surface area contributed by atoms with Crippen LogP contribution in [0.2, 0.25) is 0 Å². The second kappa shape index (κ2) is 4.91. The van der Waals surface area contributed by atoms with Gasteiger partial charge in [-0.25, -0.2) is 0 Å². The van der Waals surface area contributed by atoms with Gasteiger partial charge in [-0.3, -0.25) is 4.79 Å². The van der Waals surface area contributed by atoms with Gasteiger partial charge in [-0.1, -0.05) is 13.3 Å². The lowest BCUT2D eigenvalue weighted by Gasteiger charge is -2.15. The highest BCUT2D eigenvalue weighted by atomic mass is 16.5. The summed E-state index contributed by atoms with van der Waals surface area (Å²) in [6, 6.07) is 5.72. The summed E-state index contributed by atoms with van der Waals surface area (Å²) < 4.78 is 5.17. The zero-order valence-corrected chi connectivity index (χ0v) is 10.8. The molecule has 1 aliphatic carbocycles. The van der Waals surface area contributed by atoms with Gasteiger partial charge in [0.05, 0.1) is 7.11 Å². The molecule has 0 heterocycles. The Morgan fingerprint density at radius 3 is 2.65 bits per heavy atom. The molecule has 2 unspecified atom stereocenters. The van der Waals surface area contributed by atoms with E-state index in [1.54, 1.807) is 7.11 Å². The van der Waals surface area contributed by atoms with Crippen molar-refractivity contribution >= 4 is 5.78 Å². The van der Waals surface area contributed by atoms with Crippen LogP contribution in [-0.2, 0) is 0 Å². The normalized spacial score (nSPS) is 23.7. The predicted octanol–water partition coefficient (Wildman–Crippen LogP) is 3.62. The van der Waals surface area contributed by atoms with E-state index in [1.165, 1.54) is 12.8 Å². The van der Waals surface area contributed by atoms with E-state index in [0.717, 1.165) is 23.3 Å². The largest absolute Gasteiger partial charge is 0.497 e. The van der Waals surface area contributed by atoms with Gasteiger partial charge in [0.15, 0.2) is 5.78 Å². The van der Waals surface area contributed by atoms with Crippen molar-refractivity contribution in [2.75, 3.05) is 7.11 Å². The van der Waals surface area contributed by atoms with Gasteiger partial charge in [0.1, 0.15) is 5.75 Å². The molecule has 0 N–H and O–H groups in total. The molecule has 0 radical (unpaired) electrons. The van der Waals surface area contributed by atoms with Crippen molar-refractivity contribution in [2.24, 2.45) is 11.8 Å². The first-order chi connectivity index (χ1) is 8.13. The van der Waals surface area contributed by atoms with Crippen molar-refractivity contribution in [2.45, 2.75) is 33.1 Å². The van der Waals surface area contributed by atoms with E-state index in [-0.39, 0.29) is 5.92 Å². The summed E-state index contributed by atoms with van der Waals surface area (Å²) in [7, 11) is 1.65. The highest BCUT2D eigenvalue weighted by Crippen LogP contribution is 2.34. The third-order valence-electron chi connectivity index (χ3n) is 3.90. The number of ketones is 1. The molecule has 2 nitrogen and oxygen atoms in total. The Morgan fingerprint density at radius 1 is 1.35 bits per heavy atom. The van der Waals surface area contributed by atoms with E-state index >= 15 is 0 Å². The first-order valence-corrected chi connectivity index (χ1v) is 6.32. The van der Waals surface area contributed by atoms with Crippen LogP contribution >= 0.6 is 0 Å². The van der Waals surface area contributed by atoms with Gasteiger partial charge in [0, 0.05) is 11.5 Å². The number of aryl methyl sites for hydroxylation is 1. The summed E-state index contributed by atoms with van der Waals surface area (Å²) in [5.74, 6) is 1.89. The maximum atomic E-state index is 12.4. The smallest absolute Gasteiger partial charge is 0.166 e. The Hall–Kier alpha value is -1.31. The van der Waals surface area contributed by atoms with Gasteiger partial charge in [-0.2, -0.15) is 0 Å². The van der Waals surface area contributed by atoms with Gasteiger partial charge >= 0.3 is 0 Å². The van der Waals surface area contributed by atoms with Crippen molar-refractivity contribution in [1.29, 1.82) is 0 Å². The van der Waals surface area contributed by atoms with E-state index in [2.05, 4.69) is 6.92 Å². The van der Waals surface area contributed by atoms with Gasteiger partial charge < -0.3 is 4.74 Å². The van der Waals surface area contributed by atoms with Crippen LogP contribution in [0.1, 0.15) is 42.1 Å². The molecule has 17 heavy (non-hydrogen) atoms. The van der Waals surface area contributed by atoms with E-state index in [9.17, 15) is 4.79 Å². The second-order valence-corrected chi connectivity index (χ2v) is 5.06. The highest BCUT2D eigenvalue weighted by molar-refractivity contribution is 5.99. The monoisotopic (exact) mass is 232 g/mol. The Balaban J connectivity index is 2.25. The van der Waals surface area contributed by atoms with Gasteiger partial charge in [0.25, 0.3) is 0 Å². The molecule has 1 fully saturated rings. The predicted molar refractivity (Wildman–Crippen MR) is 68.6 cm³/mol. The van der Waals surface area contributed by atoms with Crippen molar-refractivity contribution in [3.8, 4) is 5.75 Å². The lowest BCUT2D eigenvalue weighted by Crippen LogP contribution is -2.18. The van der Waals surface area contributed by atoms with Crippen LogP contribution in [0.15, 0.2) is 18.2 Å². The summed E-state index contributed by atoms with van der Waals surface area (Å²) in [5.41, 5.74) is 1.89. The van der Waals surface area contributed by atoms with E-state index in [4.69, 9.17) is 4.74 Å². The lowest BCUT2D eigenvalue weighted by atomic mass is 9.88. The zero-order chi connectivity index (χ0) is 12.4. The number of methoxy groups -OCH3 is 1. The SMILES string of the molecule is COc1ccc(C(=O)C2CCCC2C)c(C)c1. The summed E-state index contributed by atoms with van der Waals surface area (Å²) in [6.45, 7) is 4.17. The highest BCUT2D eigenvalue weighted by Gasteiger charge is 2.30. The fourth-order valence-corrected chi connectivity index (χ4v) is 2.77. The third-order valence-corrected chi connectivity index (χ3v) is 3.90. The molecule has 2 heteroatoms. The number of hydrogen-bond donors (Lipinski definition) is 0. The number of hydrogen-bond acceptors (Lipinski definition) is 2. The number of rotatable bonds is 3. The van der Waals surface area contributed by atoms with E-state index in [1.807, 2.05) is 25.1 Å². The quantitative estimate of drug-likeness (QED) is 0.744. The first kappa shape index (κ1) is 12.2. The standard InChI is InChI=1S/C15H20O2/c1-10-5-4-6-13(10)15(16)14-8-7-12(17-3)9-11(14)2/h7-10,13H,4-6H2,1-3H3. The summed E-state index contributed by atoms with van der Waals surface area (Å²) in [6.07, 6.45) is 3.42. The summed E-state index contributed by atoms with van der Waals surface area (Å²) in [5, 5.41) is 0. The Morgan fingerprint density at radius 2 is 2.12 bits per heavy atom. The molecule has 1 aromatic carbocycles. The maximum Gasteiger partial charge on any atom is 0.166 e. The second-order valence-electron chi connectivity index (χ2n) is 5.06. The van der Waals surface area contributed by atoms with Crippen LogP contribution < -0.4 is 4.74 Å². The van der Waals surface area contributed by atoms with Crippen molar-refractivity contribution in [3.05, 3.63) is 29.3 Å². The molecule has 92 valence electrons. The fourth-order valence-electron chi connectivity index (χ4n) is 2.77. The molecule has 0 saturated heterocycles. The molecular weight excluding hydrogens is 212 g/mol. The van der Waals surface area contributed by atoms with E-state index in [0.29, 0.717) is 11.7 Å². The fraction of sp³-hybridized carbons (Fsp3) is 0.533. The molecule has 0 amide bonds. The molecule has 0 spiro atoms. The average molecular weight is 232 g/mol. The minimum Gasteiger partial charge on any atom is -0.497 e. The maximum absolute atomic E-state index is 12.4. The molecule has 1 saturated carbocycles. The number of ether oxygens (including phenoxy) is 1. The molecule has 0 bridgehead atoms. The molecule has 1 aromatic rings. The topological polar surface area (TPSA) is 26.3 Å². The Bertz CT molecular complexity index is 423. The van der Waals surface area contributed by atoms with Crippen LogP contribution in [0.3, 0.4) is 0 Å². The third kappa shape index (κ3) is 2.36. The van der Waals surface area contributed by atoms with Crippen molar-refractivity contribution in [3.63, 3.8) is 0 Å². The van der Waals surface area contributed by atoms with E-state index < -0.39 is 0 Å². The number of carbonyl (C=O) groups is 1. The minimum absolute atomic E-state index is 0.224. The number of benzene rings is 1. The van der Waals surface area contributed by atoms with Crippen LogP contribution in [0.25, 0.3) is 0 Å². The molecule has 0 aromatic heterocycles. The van der Waals surface area contributed by atoms with Crippen LogP contribution in [0.5, 0.6) is 5.75 Å². The van der Waals surface area contributed by atoms with Gasteiger partial charge in [-0.15, -0.1) is 0 Å². The molecule has 2 rings (SSSR count). The Kier molecular flexibility index (Phi) is 3.51. The molecule has 1 aliphatic rings. The molecule has 0 aliphatic heterocycles. The Labute approximate surface area is 103 Å². The van der Waals surface area contributed by atoms with Crippen LogP contribution in [0.4, 0.5) is 0 Å². The number of Topliss-reactive ketones (excluding diaryl/α,β-unsaturated/α-hetero) is 1. The summed E-state index contributed by atoms with van der Waals surface area (Å²) >= 11 is 0. The zero-order valence-electron chi connectivity index (χ0n) is 10.8. The average Bonchev–Trinajstić information content (AvgIpc) is 2.74. The van der Waals surface area contributed by atoms with Crippen LogP contribution in [0, 0.1) is 18.8 Å². The van der Waals surface area contributed by atoms with Gasteiger partial charge in [-0.05, 0) is 49.4 Å². The lowest BCUT2D eigenvalue weighted by molar-refractivity contribution is 0.0896. The van der Waals surface area contributed by atoms with Gasteiger partial charge in [0.2, 0.25) is 0 Å².